The maximum Gasteiger partial charge on any atom is 0.251 e. The van der Waals surface area contributed by atoms with Crippen LogP contribution in [0.25, 0.3) is 0 Å². The first-order valence-electron chi connectivity index (χ1n) is 6.83. The molecule has 0 spiro atoms. The molecule has 2 heterocycles. The number of carbonyl (C=O) groups excluding carboxylic acids is 1. The topological polar surface area (TPSA) is 122 Å². The molecule has 0 bridgehead atoms. The van der Waals surface area contributed by atoms with Crippen LogP contribution in [0.4, 0.5) is 5.82 Å². The molecule has 112 valence electrons. The molecule has 2 aromatic rings. The van der Waals surface area contributed by atoms with Gasteiger partial charge in [0.1, 0.15) is 18.0 Å². The van der Waals surface area contributed by atoms with E-state index < -0.39 is 0 Å². The quantitative estimate of drug-likeness (QED) is 0.333. The number of nitrogens with two attached hydrogens (primary N) is 1. The van der Waals surface area contributed by atoms with E-state index in [0.717, 1.165) is 30.8 Å². The molecular weight excluding hydrogens is 270 g/mol. The van der Waals surface area contributed by atoms with Crippen molar-refractivity contribution >= 4 is 11.7 Å². The van der Waals surface area contributed by atoms with E-state index in [2.05, 4.69) is 30.9 Å². The molecule has 0 atom stereocenters. The highest BCUT2D eigenvalue weighted by Crippen LogP contribution is 2.10. The van der Waals surface area contributed by atoms with Crippen molar-refractivity contribution < 1.29 is 4.79 Å². The number of nitrogen functional groups attached to an aromatic ring is 1. The maximum absolute atomic E-state index is 12.1. The molecule has 0 aliphatic rings. The Morgan fingerprint density at radius 1 is 1.43 bits per heavy atom. The van der Waals surface area contributed by atoms with E-state index in [4.69, 9.17) is 5.84 Å². The van der Waals surface area contributed by atoms with Crippen molar-refractivity contribution in [2.24, 2.45) is 5.84 Å². The molecule has 21 heavy (non-hydrogen) atoms. The number of anilines is 1. The third-order valence-corrected chi connectivity index (χ3v) is 2.99. The van der Waals surface area contributed by atoms with Crippen LogP contribution in [-0.4, -0.2) is 32.6 Å². The smallest absolute Gasteiger partial charge is 0.251 e. The van der Waals surface area contributed by atoms with Crippen molar-refractivity contribution in [2.45, 2.75) is 26.2 Å². The van der Waals surface area contributed by atoms with Crippen molar-refractivity contribution in [3.63, 3.8) is 0 Å². The van der Waals surface area contributed by atoms with Crippen molar-refractivity contribution in [3.8, 4) is 0 Å². The molecule has 1 amide bonds. The van der Waals surface area contributed by atoms with Crippen LogP contribution in [0.5, 0.6) is 0 Å². The summed E-state index contributed by atoms with van der Waals surface area (Å²) in [7, 11) is 0. The molecule has 0 fully saturated rings. The van der Waals surface area contributed by atoms with Crippen LogP contribution in [0, 0.1) is 0 Å². The van der Waals surface area contributed by atoms with Gasteiger partial charge in [-0.2, -0.15) is 5.10 Å². The maximum atomic E-state index is 12.1. The SMILES string of the molecule is CCc1cc(C(=O)NCCCc2ncn[nH]2)cc(NN)n1. The molecule has 0 saturated carbocycles. The minimum absolute atomic E-state index is 0.138. The largest absolute Gasteiger partial charge is 0.352 e. The normalized spacial score (nSPS) is 10.4. The molecule has 0 unspecified atom stereocenters. The molecule has 2 aromatic heterocycles. The van der Waals surface area contributed by atoms with E-state index in [9.17, 15) is 4.79 Å². The fraction of sp³-hybridized carbons (Fsp3) is 0.385. The van der Waals surface area contributed by atoms with Gasteiger partial charge in [-0.1, -0.05) is 6.92 Å². The standard InChI is InChI=1S/C13H19N7O/c1-2-10-6-9(7-12(18-10)19-14)13(21)15-5-3-4-11-16-8-17-20-11/h6-8H,2-5,14H2,1H3,(H,15,21)(H,18,19)(H,16,17,20). The zero-order valence-corrected chi connectivity index (χ0v) is 11.9. The summed E-state index contributed by atoms with van der Waals surface area (Å²) in [5.41, 5.74) is 3.84. The first-order valence-corrected chi connectivity index (χ1v) is 6.83. The van der Waals surface area contributed by atoms with E-state index >= 15 is 0 Å². The summed E-state index contributed by atoms with van der Waals surface area (Å²) in [4.78, 5) is 20.4. The number of hydrogen-bond acceptors (Lipinski definition) is 6. The number of aryl methyl sites for hydroxylation is 2. The summed E-state index contributed by atoms with van der Waals surface area (Å²) in [6, 6.07) is 3.40. The summed E-state index contributed by atoms with van der Waals surface area (Å²) < 4.78 is 0. The average molecular weight is 289 g/mol. The number of pyridine rings is 1. The first kappa shape index (κ1) is 14.9. The van der Waals surface area contributed by atoms with Crippen molar-refractivity contribution in [1.29, 1.82) is 0 Å². The second-order valence-electron chi connectivity index (χ2n) is 4.52. The van der Waals surface area contributed by atoms with Gasteiger partial charge in [0, 0.05) is 24.2 Å². The number of rotatable bonds is 7. The van der Waals surface area contributed by atoms with Gasteiger partial charge in [0.05, 0.1) is 0 Å². The molecule has 8 nitrogen and oxygen atoms in total. The fourth-order valence-electron chi connectivity index (χ4n) is 1.88. The van der Waals surface area contributed by atoms with E-state index in [1.165, 1.54) is 6.33 Å². The lowest BCUT2D eigenvalue weighted by atomic mass is 10.1. The van der Waals surface area contributed by atoms with Gasteiger partial charge >= 0.3 is 0 Å². The molecule has 0 aliphatic carbocycles. The van der Waals surface area contributed by atoms with Crippen LogP contribution in [0.1, 0.15) is 35.2 Å². The van der Waals surface area contributed by atoms with Gasteiger partial charge in [0.25, 0.3) is 5.91 Å². The Morgan fingerprint density at radius 2 is 2.29 bits per heavy atom. The molecular formula is C13H19N7O. The van der Waals surface area contributed by atoms with Gasteiger partial charge < -0.3 is 10.7 Å². The lowest BCUT2D eigenvalue weighted by Gasteiger charge is -2.08. The third kappa shape index (κ3) is 4.25. The highest BCUT2D eigenvalue weighted by Gasteiger charge is 2.09. The molecule has 2 rings (SSSR count). The van der Waals surface area contributed by atoms with Gasteiger partial charge in [-0.15, -0.1) is 0 Å². The Balaban J connectivity index is 1.87. The number of H-pyrrole nitrogens is 1. The van der Waals surface area contributed by atoms with Crippen LogP contribution in [0.2, 0.25) is 0 Å². The Kier molecular flexibility index (Phi) is 5.22. The van der Waals surface area contributed by atoms with Gasteiger partial charge in [-0.3, -0.25) is 9.89 Å². The Morgan fingerprint density at radius 3 is 2.95 bits per heavy atom. The van der Waals surface area contributed by atoms with E-state index in [1.807, 2.05) is 6.92 Å². The van der Waals surface area contributed by atoms with Crippen molar-refractivity contribution in [3.05, 3.63) is 35.5 Å². The number of nitrogens with one attached hydrogen (secondary N) is 3. The Bertz CT molecular complexity index is 560. The summed E-state index contributed by atoms with van der Waals surface area (Å²) in [6.07, 6.45) is 3.74. The van der Waals surface area contributed by atoms with E-state index in [0.29, 0.717) is 17.9 Å². The highest BCUT2D eigenvalue weighted by atomic mass is 16.1. The lowest BCUT2D eigenvalue weighted by molar-refractivity contribution is 0.0953. The molecule has 8 heteroatoms. The van der Waals surface area contributed by atoms with Crippen LogP contribution >= 0.6 is 0 Å². The van der Waals surface area contributed by atoms with Crippen molar-refractivity contribution in [2.75, 3.05) is 12.0 Å². The van der Waals surface area contributed by atoms with Crippen LogP contribution in [0.3, 0.4) is 0 Å². The second-order valence-corrected chi connectivity index (χ2v) is 4.52. The zero-order valence-electron chi connectivity index (χ0n) is 11.9. The van der Waals surface area contributed by atoms with Crippen molar-refractivity contribution in [1.82, 2.24) is 25.5 Å². The minimum Gasteiger partial charge on any atom is -0.352 e. The van der Waals surface area contributed by atoms with Gasteiger partial charge in [0.15, 0.2) is 0 Å². The van der Waals surface area contributed by atoms with E-state index in [1.54, 1.807) is 12.1 Å². The predicted molar refractivity (Wildman–Crippen MR) is 78.5 cm³/mol. The Labute approximate surface area is 122 Å². The minimum atomic E-state index is -0.138. The highest BCUT2D eigenvalue weighted by molar-refractivity contribution is 5.94. The summed E-state index contributed by atoms with van der Waals surface area (Å²) >= 11 is 0. The number of carbonyl (C=O) groups is 1. The number of hydrogen-bond donors (Lipinski definition) is 4. The first-order chi connectivity index (χ1) is 10.2. The van der Waals surface area contributed by atoms with Crippen LogP contribution in [-0.2, 0) is 12.8 Å². The second kappa shape index (κ2) is 7.34. The molecule has 5 N–H and O–H groups in total. The van der Waals surface area contributed by atoms with Crippen LogP contribution in [0.15, 0.2) is 18.5 Å². The molecule has 0 saturated heterocycles. The number of hydrazine groups is 1. The predicted octanol–water partition coefficient (Wildman–Crippen LogP) is 0.410. The fourth-order valence-corrected chi connectivity index (χ4v) is 1.88. The molecule has 0 radical (unpaired) electrons. The summed E-state index contributed by atoms with van der Waals surface area (Å²) in [5, 5.41) is 9.42. The third-order valence-electron chi connectivity index (χ3n) is 2.99. The van der Waals surface area contributed by atoms with Gasteiger partial charge in [-0.05, 0) is 25.0 Å². The Hall–Kier alpha value is -2.48. The van der Waals surface area contributed by atoms with Crippen LogP contribution < -0.4 is 16.6 Å². The average Bonchev–Trinajstić information content (AvgIpc) is 3.04. The van der Waals surface area contributed by atoms with E-state index in [-0.39, 0.29) is 5.91 Å². The number of aromatic nitrogens is 4. The molecule has 0 aliphatic heterocycles. The summed E-state index contributed by atoms with van der Waals surface area (Å²) in [5.74, 6) is 6.52. The number of aromatic amines is 1. The summed E-state index contributed by atoms with van der Waals surface area (Å²) in [6.45, 7) is 2.54. The van der Waals surface area contributed by atoms with Gasteiger partial charge in [-0.25, -0.2) is 15.8 Å². The zero-order chi connectivity index (χ0) is 15.1. The molecule has 0 aromatic carbocycles. The number of amides is 1. The van der Waals surface area contributed by atoms with Gasteiger partial charge in [0.2, 0.25) is 0 Å². The number of nitrogens with zero attached hydrogens (tertiary/aromatic N) is 3. The lowest BCUT2D eigenvalue weighted by Crippen LogP contribution is -2.25. The monoisotopic (exact) mass is 289 g/mol.